The SMILES string of the molecule is C[Si](C)(C)CCOCn1cc(-c2nc(-c3ccc(N4CC5CCC(C4)O5)cc3)cc3nccn23)cn1. The van der Waals surface area contributed by atoms with Crippen molar-refractivity contribution in [3.8, 4) is 22.6 Å². The van der Waals surface area contributed by atoms with E-state index in [9.17, 15) is 0 Å². The molecule has 2 fully saturated rings. The van der Waals surface area contributed by atoms with Gasteiger partial charge in [0.05, 0.1) is 29.7 Å². The van der Waals surface area contributed by atoms with E-state index in [1.54, 1.807) is 0 Å². The number of hydrogen-bond acceptors (Lipinski definition) is 6. The maximum atomic E-state index is 6.00. The highest BCUT2D eigenvalue weighted by atomic mass is 28.3. The van der Waals surface area contributed by atoms with Crippen molar-refractivity contribution in [2.45, 2.75) is 57.5 Å². The topological polar surface area (TPSA) is 69.7 Å². The molecule has 2 aliphatic heterocycles. The Morgan fingerprint density at radius 3 is 2.58 bits per heavy atom. The molecule has 2 atom stereocenters. The van der Waals surface area contributed by atoms with Crippen molar-refractivity contribution < 1.29 is 9.47 Å². The highest BCUT2D eigenvalue weighted by Gasteiger charge is 2.33. The van der Waals surface area contributed by atoms with Crippen LogP contribution in [0.15, 0.2) is 55.1 Å². The summed E-state index contributed by atoms with van der Waals surface area (Å²) in [4.78, 5) is 12.0. The van der Waals surface area contributed by atoms with Crippen molar-refractivity contribution >= 4 is 19.4 Å². The number of imidazole rings is 1. The number of benzene rings is 1. The first-order valence-electron chi connectivity index (χ1n) is 12.9. The van der Waals surface area contributed by atoms with Crippen LogP contribution >= 0.6 is 0 Å². The lowest BCUT2D eigenvalue weighted by Gasteiger charge is -2.33. The quantitative estimate of drug-likeness (QED) is 0.251. The first-order chi connectivity index (χ1) is 17.4. The first kappa shape index (κ1) is 23.4. The van der Waals surface area contributed by atoms with Gasteiger partial charge < -0.3 is 14.4 Å². The van der Waals surface area contributed by atoms with Crippen molar-refractivity contribution in [2.24, 2.45) is 0 Å². The molecule has 2 bridgehead atoms. The molecule has 2 aliphatic rings. The second-order valence-electron chi connectivity index (χ2n) is 11.1. The normalized spacial score (nSPS) is 19.9. The first-order valence-corrected chi connectivity index (χ1v) is 16.6. The molecular formula is C27H34N6O2Si. The zero-order valence-corrected chi connectivity index (χ0v) is 22.3. The zero-order valence-electron chi connectivity index (χ0n) is 21.3. The van der Waals surface area contributed by atoms with Gasteiger partial charge in [-0.05, 0) is 31.0 Å². The maximum absolute atomic E-state index is 6.00. The van der Waals surface area contributed by atoms with Crippen LogP contribution in [-0.2, 0) is 16.2 Å². The number of nitrogens with zero attached hydrogens (tertiary/aromatic N) is 6. The fourth-order valence-electron chi connectivity index (χ4n) is 5.03. The molecule has 0 saturated carbocycles. The molecule has 4 aromatic rings. The summed E-state index contributed by atoms with van der Waals surface area (Å²) in [6.45, 7) is 10.2. The third-order valence-electron chi connectivity index (χ3n) is 7.07. The molecular weight excluding hydrogens is 468 g/mol. The van der Waals surface area contributed by atoms with Crippen molar-refractivity contribution in [1.29, 1.82) is 0 Å². The van der Waals surface area contributed by atoms with Gasteiger partial charge in [0.1, 0.15) is 18.2 Å². The van der Waals surface area contributed by atoms with Gasteiger partial charge in [0, 0.05) is 63.7 Å². The minimum absolute atomic E-state index is 0.377. The minimum Gasteiger partial charge on any atom is -0.371 e. The third kappa shape index (κ3) is 4.96. The van der Waals surface area contributed by atoms with E-state index in [0.717, 1.165) is 54.0 Å². The van der Waals surface area contributed by atoms with Crippen LogP contribution in [0.2, 0.25) is 25.7 Å². The lowest BCUT2D eigenvalue weighted by Crippen LogP contribution is -2.42. The van der Waals surface area contributed by atoms with E-state index in [1.165, 1.54) is 18.5 Å². The predicted molar refractivity (Wildman–Crippen MR) is 144 cm³/mol. The fraction of sp³-hybridized carbons (Fsp3) is 0.444. The van der Waals surface area contributed by atoms with Gasteiger partial charge in [-0.2, -0.15) is 5.10 Å². The van der Waals surface area contributed by atoms with Crippen LogP contribution in [0.5, 0.6) is 0 Å². The van der Waals surface area contributed by atoms with Gasteiger partial charge in [0.15, 0.2) is 0 Å². The summed E-state index contributed by atoms with van der Waals surface area (Å²) in [6.07, 6.45) is 10.7. The predicted octanol–water partition coefficient (Wildman–Crippen LogP) is 4.94. The summed E-state index contributed by atoms with van der Waals surface area (Å²) in [5, 5.41) is 4.51. The standard InChI is InChI=1S/C27H34N6O2Si/c1-36(2,3)13-12-34-19-32-16-21(15-29-32)27-30-25(14-26-28-10-11-33(26)27)20-4-6-22(7-5-20)31-17-23-8-9-24(18-31)35-23/h4-7,10-11,14-16,23-24H,8-9,12-13,17-19H2,1-3H3. The molecule has 1 aromatic carbocycles. The average Bonchev–Trinajstić information content (AvgIpc) is 3.61. The molecule has 5 heterocycles. The van der Waals surface area contributed by atoms with Gasteiger partial charge in [-0.1, -0.05) is 31.8 Å². The Hall–Kier alpha value is -3.01. The molecule has 0 amide bonds. The summed E-state index contributed by atoms with van der Waals surface area (Å²) >= 11 is 0. The Bertz CT molecular complexity index is 1330. The molecule has 2 saturated heterocycles. The van der Waals surface area contributed by atoms with E-state index < -0.39 is 8.07 Å². The number of anilines is 1. The zero-order chi connectivity index (χ0) is 24.7. The van der Waals surface area contributed by atoms with Crippen LogP contribution in [0.4, 0.5) is 5.69 Å². The number of aromatic nitrogens is 5. The molecule has 0 N–H and O–H groups in total. The second kappa shape index (κ2) is 9.46. The van der Waals surface area contributed by atoms with E-state index >= 15 is 0 Å². The smallest absolute Gasteiger partial charge is 0.149 e. The summed E-state index contributed by atoms with van der Waals surface area (Å²) < 4.78 is 15.7. The Labute approximate surface area is 212 Å². The van der Waals surface area contributed by atoms with Gasteiger partial charge in [0.2, 0.25) is 0 Å². The van der Waals surface area contributed by atoms with Gasteiger partial charge in [-0.3, -0.25) is 4.40 Å². The van der Waals surface area contributed by atoms with Gasteiger partial charge in [0.25, 0.3) is 0 Å². The lowest BCUT2D eigenvalue weighted by molar-refractivity contribution is 0.0305. The van der Waals surface area contributed by atoms with E-state index in [-0.39, 0.29) is 0 Å². The Morgan fingerprint density at radius 1 is 1.06 bits per heavy atom. The Kier molecular flexibility index (Phi) is 6.14. The Morgan fingerprint density at radius 2 is 1.83 bits per heavy atom. The fourth-order valence-corrected chi connectivity index (χ4v) is 5.79. The summed E-state index contributed by atoms with van der Waals surface area (Å²) in [5.41, 5.74) is 5.02. The molecule has 0 radical (unpaired) electrons. The monoisotopic (exact) mass is 502 g/mol. The van der Waals surface area contributed by atoms with Crippen molar-refractivity contribution in [3.05, 3.63) is 55.1 Å². The maximum Gasteiger partial charge on any atom is 0.149 e. The van der Waals surface area contributed by atoms with Crippen LogP contribution in [-0.4, -0.2) is 64.1 Å². The van der Waals surface area contributed by atoms with Gasteiger partial charge in [-0.15, -0.1) is 0 Å². The third-order valence-corrected chi connectivity index (χ3v) is 8.78. The molecule has 9 heteroatoms. The summed E-state index contributed by atoms with van der Waals surface area (Å²) in [7, 11) is -1.10. The second-order valence-corrected chi connectivity index (χ2v) is 16.8. The van der Waals surface area contributed by atoms with Crippen LogP contribution in [0.25, 0.3) is 28.3 Å². The average molecular weight is 503 g/mol. The molecule has 2 unspecified atom stereocenters. The van der Waals surface area contributed by atoms with E-state index in [4.69, 9.17) is 14.5 Å². The number of fused-ring (bicyclic) bond motifs is 3. The molecule has 0 aliphatic carbocycles. The van der Waals surface area contributed by atoms with Gasteiger partial charge in [-0.25, -0.2) is 14.6 Å². The highest BCUT2D eigenvalue weighted by Crippen LogP contribution is 2.31. The van der Waals surface area contributed by atoms with Crippen molar-refractivity contribution in [1.82, 2.24) is 24.1 Å². The molecule has 188 valence electrons. The summed E-state index contributed by atoms with van der Waals surface area (Å²) in [6, 6.07) is 11.9. The largest absolute Gasteiger partial charge is 0.371 e. The van der Waals surface area contributed by atoms with E-state index in [1.807, 2.05) is 39.9 Å². The number of ether oxygens (including phenoxy) is 2. The number of morpholine rings is 1. The number of hydrogen-bond donors (Lipinski definition) is 0. The van der Waals surface area contributed by atoms with E-state index in [2.05, 4.69) is 58.9 Å². The van der Waals surface area contributed by atoms with Crippen molar-refractivity contribution in [3.63, 3.8) is 0 Å². The van der Waals surface area contributed by atoms with Crippen LogP contribution in [0.3, 0.4) is 0 Å². The highest BCUT2D eigenvalue weighted by molar-refractivity contribution is 6.76. The van der Waals surface area contributed by atoms with Crippen LogP contribution < -0.4 is 4.90 Å². The minimum atomic E-state index is -1.10. The van der Waals surface area contributed by atoms with E-state index in [0.29, 0.717) is 18.9 Å². The van der Waals surface area contributed by atoms with Crippen molar-refractivity contribution in [2.75, 3.05) is 24.6 Å². The Balaban J connectivity index is 1.22. The molecule has 8 nitrogen and oxygen atoms in total. The van der Waals surface area contributed by atoms with Crippen LogP contribution in [0, 0.1) is 0 Å². The number of rotatable bonds is 8. The molecule has 3 aromatic heterocycles. The molecule has 6 rings (SSSR count). The van der Waals surface area contributed by atoms with Gasteiger partial charge >= 0.3 is 0 Å². The molecule has 36 heavy (non-hydrogen) atoms. The lowest BCUT2D eigenvalue weighted by atomic mass is 10.1. The van der Waals surface area contributed by atoms with Crippen LogP contribution in [0.1, 0.15) is 12.8 Å². The molecule has 0 spiro atoms. The summed E-state index contributed by atoms with van der Waals surface area (Å²) in [5.74, 6) is 0.821.